The molecule has 5 rings (SSSR count). The summed E-state index contributed by atoms with van der Waals surface area (Å²) in [5.41, 5.74) is 4.68. The van der Waals surface area contributed by atoms with Crippen molar-refractivity contribution >= 4 is 5.71 Å². The Balaban J connectivity index is 1.61. The first-order valence-electron chi connectivity index (χ1n) is 9.30. The maximum absolute atomic E-state index is 10.4. The molecule has 3 aromatic rings. The predicted molar refractivity (Wildman–Crippen MR) is 106 cm³/mol. The van der Waals surface area contributed by atoms with Crippen molar-refractivity contribution < 1.29 is 14.9 Å². The Morgan fingerprint density at radius 2 is 1.79 bits per heavy atom. The molecule has 5 heteroatoms. The van der Waals surface area contributed by atoms with Crippen molar-refractivity contribution in [3.05, 3.63) is 89.0 Å². The number of hydrogen-bond donors (Lipinski definition) is 2. The summed E-state index contributed by atoms with van der Waals surface area (Å²) < 4.78 is 6.28. The molecule has 2 N–H and O–H groups in total. The second-order valence-electron chi connectivity index (χ2n) is 7.27. The Labute approximate surface area is 163 Å². The van der Waals surface area contributed by atoms with Gasteiger partial charge in [-0.15, -0.1) is 0 Å². The Kier molecular flexibility index (Phi) is 3.76. The number of hydrogen-bond acceptors (Lipinski definition) is 5. The number of nitrogens with zero attached hydrogens (tertiary/aromatic N) is 2. The molecule has 5 nitrogen and oxygen atoms in total. The zero-order valence-corrected chi connectivity index (χ0v) is 15.4. The topological polar surface area (TPSA) is 65.3 Å². The van der Waals surface area contributed by atoms with E-state index in [0.717, 1.165) is 33.7 Å². The average molecular weight is 372 g/mol. The molecule has 0 radical (unpaired) electrons. The third-order valence-corrected chi connectivity index (χ3v) is 5.34. The molecule has 2 heterocycles. The molecule has 0 fully saturated rings. The number of rotatable bonds is 2. The van der Waals surface area contributed by atoms with Crippen molar-refractivity contribution in [1.82, 2.24) is 5.01 Å². The van der Waals surface area contributed by atoms with E-state index < -0.39 is 6.23 Å². The fraction of sp³-hybridized carbons (Fsp3) is 0.174. The van der Waals surface area contributed by atoms with E-state index >= 15 is 0 Å². The van der Waals surface area contributed by atoms with Gasteiger partial charge in [0.25, 0.3) is 0 Å². The minimum atomic E-state index is -0.398. The fourth-order valence-electron chi connectivity index (χ4n) is 3.94. The Hall–Kier alpha value is -3.47. The summed E-state index contributed by atoms with van der Waals surface area (Å²) in [6.07, 6.45) is 0.288. The summed E-state index contributed by atoms with van der Waals surface area (Å²) in [6, 6.07) is 20.6. The molecule has 0 unspecified atom stereocenters. The highest BCUT2D eigenvalue weighted by molar-refractivity contribution is 6.04. The summed E-state index contributed by atoms with van der Waals surface area (Å²) in [7, 11) is 0. The molecule has 0 aliphatic carbocycles. The lowest BCUT2D eigenvalue weighted by atomic mass is 9.95. The SMILES string of the molecule is Cc1ccc(O)c(C2=NN3[C@@H](c4ccc(O)cc4)Oc4ccccc4[C@@H]3C2)c1. The van der Waals surface area contributed by atoms with Crippen LogP contribution in [0.25, 0.3) is 0 Å². The van der Waals surface area contributed by atoms with Crippen LogP contribution in [-0.4, -0.2) is 20.9 Å². The number of aromatic hydroxyl groups is 2. The monoisotopic (exact) mass is 372 g/mol. The van der Waals surface area contributed by atoms with E-state index in [-0.39, 0.29) is 17.5 Å². The maximum Gasteiger partial charge on any atom is 0.213 e. The van der Waals surface area contributed by atoms with Gasteiger partial charge in [0, 0.05) is 23.1 Å². The highest BCUT2D eigenvalue weighted by Gasteiger charge is 2.41. The van der Waals surface area contributed by atoms with Crippen LogP contribution in [0.5, 0.6) is 17.2 Å². The zero-order valence-electron chi connectivity index (χ0n) is 15.4. The van der Waals surface area contributed by atoms with Gasteiger partial charge in [-0.2, -0.15) is 5.10 Å². The van der Waals surface area contributed by atoms with Gasteiger partial charge in [0.05, 0.1) is 11.8 Å². The largest absolute Gasteiger partial charge is 0.508 e. The summed E-state index contributed by atoms with van der Waals surface area (Å²) >= 11 is 0. The summed E-state index contributed by atoms with van der Waals surface area (Å²) in [5.74, 6) is 1.29. The fourth-order valence-corrected chi connectivity index (χ4v) is 3.94. The van der Waals surface area contributed by atoms with Crippen molar-refractivity contribution in [3.8, 4) is 17.2 Å². The molecule has 0 saturated heterocycles. The summed E-state index contributed by atoms with van der Waals surface area (Å²) in [5, 5.41) is 26.8. The number of phenolic OH excluding ortho intramolecular Hbond substituents is 2. The smallest absolute Gasteiger partial charge is 0.213 e. The molecule has 0 bridgehead atoms. The van der Waals surface area contributed by atoms with Crippen molar-refractivity contribution in [1.29, 1.82) is 0 Å². The number of fused-ring (bicyclic) bond motifs is 3. The average Bonchev–Trinajstić information content (AvgIpc) is 3.15. The van der Waals surface area contributed by atoms with Crippen LogP contribution in [0.3, 0.4) is 0 Å². The van der Waals surface area contributed by atoms with Crippen molar-refractivity contribution in [2.75, 3.05) is 0 Å². The minimum Gasteiger partial charge on any atom is -0.508 e. The van der Waals surface area contributed by atoms with Crippen molar-refractivity contribution in [2.24, 2.45) is 5.10 Å². The number of benzene rings is 3. The van der Waals surface area contributed by atoms with Crippen LogP contribution >= 0.6 is 0 Å². The number of hydrazone groups is 1. The third-order valence-electron chi connectivity index (χ3n) is 5.34. The van der Waals surface area contributed by atoms with E-state index in [4.69, 9.17) is 9.84 Å². The zero-order chi connectivity index (χ0) is 19.3. The molecule has 0 spiro atoms. The van der Waals surface area contributed by atoms with Crippen LogP contribution in [0.1, 0.15) is 40.9 Å². The quantitative estimate of drug-likeness (QED) is 0.687. The maximum atomic E-state index is 10.4. The van der Waals surface area contributed by atoms with E-state index in [0.29, 0.717) is 6.42 Å². The third kappa shape index (κ3) is 2.67. The second kappa shape index (κ2) is 6.30. The molecule has 28 heavy (non-hydrogen) atoms. The Bertz CT molecular complexity index is 1080. The lowest BCUT2D eigenvalue weighted by Gasteiger charge is -2.38. The first-order chi connectivity index (χ1) is 13.6. The standard InChI is InChI=1S/C23H20N2O3/c1-14-6-11-21(27)18(12-14)19-13-20-17-4-2-3-5-22(17)28-23(25(20)24-19)15-7-9-16(26)10-8-15/h2-12,20,23,26-27H,13H2,1H3/t20-,23+/m0/s1. The molecule has 140 valence electrons. The Morgan fingerprint density at radius 3 is 2.61 bits per heavy atom. The van der Waals surface area contributed by atoms with Gasteiger partial charge in [0.15, 0.2) is 0 Å². The van der Waals surface area contributed by atoms with E-state index in [2.05, 4.69) is 6.07 Å². The lowest BCUT2D eigenvalue weighted by molar-refractivity contribution is -0.0190. The van der Waals surface area contributed by atoms with Crippen molar-refractivity contribution in [2.45, 2.75) is 25.6 Å². The number of phenols is 2. The van der Waals surface area contributed by atoms with Gasteiger partial charge in [-0.3, -0.25) is 0 Å². The number of aryl methyl sites for hydroxylation is 1. The molecule has 0 saturated carbocycles. The highest BCUT2D eigenvalue weighted by atomic mass is 16.5. The Morgan fingerprint density at radius 1 is 1.00 bits per heavy atom. The summed E-state index contributed by atoms with van der Waals surface area (Å²) in [4.78, 5) is 0. The number of ether oxygens (including phenoxy) is 1. The first-order valence-corrected chi connectivity index (χ1v) is 9.30. The highest BCUT2D eigenvalue weighted by Crippen LogP contribution is 2.47. The molecule has 3 aromatic carbocycles. The van der Waals surface area contributed by atoms with Gasteiger partial charge < -0.3 is 14.9 Å². The van der Waals surface area contributed by atoms with E-state index in [9.17, 15) is 10.2 Å². The van der Waals surface area contributed by atoms with E-state index in [1.54, 1.807) is 18.2 Å². The van der Waals surface area contributed by atoms with Gasteiger partial charge in [0.2, 0.25) is 6.23 Å². The van der Waals surface area contributed by atoms with Crippen LogP contribution in [0.15, 0.2) is 71.8 Å². The van der Waals surface area contributed by atoms with Gasteiger partial charge in [-0.1, -0.05) is 29.8 Å². The second-order valence-corrected chi connectivity index (χ2v) is 7.27. The predicted octanol–water partition coefficient (Wildman–Crippen LogP) is 4.65. The molecular formula is C23H20N2O3. The molecular weight excluding hydrogens is 352 g/mol. The van der Waals surface area contributed by atoms with Crippen LogP contribution < -0.4 is 4.74 Å². The van der Waals surface area contributed by atoms with Crippen LogP contribution in [-0.2, 0) is 0 Å². The molecule has 2 aliphatic heterocycles. The molecule has 2 atom stereocenters. The first kappa shape index (κ1) is 16.7. The van der Waals surface area contributed by atoms with Crippen LogP contribution in [0.4, 0.5) is 0 Å². The van der Waals surface area contributed by atoms with Gasteiger partial charge in [-0.25, -0.2) is 5.01 Å². The molecule has 0 aromatic heterocycles. The van der Waals surface area contributed by atoms with Gasteiger partial charge >= 0.3 is 0 Å². The normalized spacial score (nSPS) is 20.2. The molecule has 2 aliphatic rings. The van der Waals surface area contributed by atoms with E-state index in [1.165, 1.54) is 0 Å². The minimum absolute atomic E-state index is 0.0265. The number of para-hydroxylation sites is 1. The lowest BCUT2D eigenvalue weighted by Crippen LogP contribution is -2.33. The van der Waals surface area contributed by atoms with Crippen LogP contribution in [0.2, 0.25) is 0 Å². The summed E-state index contributed by atoms with van der Waals surface area (Å²) in [6.45, 7) is 2.00. The van der Waals surface area contributed by atoms with Gasteiger partial charge in [0.1, 0.15) is 17.2 Å². The molecule has 0 amide bonds. The van der Waals surface area contributed by atoms with E-state index in [1.807, 2.05) is 54.4 Å². The van der Waals surface area contributed by atoms with Crippen molar-refractivity contribution in [3.63, 3.8) is 0 Å². The van der Waals surface area contributed by atoms with Crippen LogP contribution in [0, 0.1) is 6.92 Å². The van der Waals surface area contributed by atoms with Gasteiger partial charge in [-0.05, 0) is 49.4 Å².